The van der Waals surface area contributed by atoms with Gasteiger partial charge in [0.05, 0.1) is 6.54 Å². The summed E-state index contributed by atoms with van der Waals surface area (Å²) in [4.78, 5) is 25.3. The molecule has 2 aromatic rings. The van der Waals surface area contributed by atoms with Crippen LogP contribution < -0.4 is 15.5 Å². The number of guanidine groups is 1. The van der Waals surface area contributed by atoms with Crippen molar-refractivity contribution in [1.82, 2.24) is 15.2 Å². The van der Waals surface area contributed by atoms with E-state index in [1.165, 1.54) is 0 Å². The number of piperazine rings is 1. The van der Waals surface area contributed by atoms with E-state index in [1.807, 2.05) is 36.4 Å². The number of carbonyl (C=O) groups is 1. The molecule has 0 aliphatic carbocycles. The van der Waals surface area contributed by atoms with E-state index >= 15 is 0 Å². The first-order chi connectivity index (χ1) is 13.7. The molecule has 1 saturated heterocycles. The molecule has 3 rings (SSSR count). The van der Waals surface area contributed by atoms with E-state index in [4.69, 9.17) is 6.42 Å². The molecule has 2 N–H and O–H groups in total. The van der Waals surface area contributed by atoms with Crippen LogP contribution in [0.4, 0.5) is 11.5 Å². The van der Waals surface area contributed by atoms with Crippen molar-refractivity contribution >= 4 is 47.3 Å². The van der Waals surface area contributed by atoms with Crippen LogP contribution in [0.2, 0.25) is 0 Å². The number of halogens is 1. The number of amides is 1. The molecule has 1 fully saturated rings. The number of terminal acetylenes is 1. The molecular weight excluding hydrogens is 479 g/mol. The van der Waals surface area contributed by atoms with Crippen LogP contribution in [-0.4, -0.2) is 61.5 Å². The third kappa shape index (κ3) is 6.35. The molecule has 1 aliphatic heterocycles. The summed E-state index contributed by atoms with van der Waals surface area (Å²) in [5.41, 5.74) is 1.41. The van der Waals surface area contributed by atoms with Crippen LogP contribution in [-0.2, 0) is 4.79 Å². The summed E-state index contributed by atoms with van der Waals surface area (Å²) in [6.07, 6.45) is 7.20. The molecule has 7 nitrogen and oxygen atoms in total. The average Bonchev–Trinajstić information content (AvgIpc) is 2.75. The Kier molecular flexibility index (Phi) is 8.73. The molecule has 1 amide bonds. The molecule has 0 spiro atoms. The van der Waals surface area contributed by atoms with Crippen molar-refractivity contribution < 1.29 is 4.79 Å². The number of aromatic nitrogens is 1. The van der Waals surface area contributed by atoms with Gasteiger partial charge in [-0.2, -0.15) is 0 Å². The molecule has 1 aromatic carbocycles. The molecule has 152 valence electrons. The fourth-order valence-electron chi connectivity index (χ4n) is 3.07. The molecule has 0 unspecified atom stereocenters. The lowest BCUT2D eigenvalue weighted by molar-refractivity contribution is -0.115. The minimum absolute atomic E-state index is 0. The maximum absolute atomic E-state index is 12.2. The van der Waals surface area contributed by atoms with Gasteiger partial charge in [0.2, 0.25) is 5.91 Å². The highest BCUT2D eigenvalue weighted by molar-refractivity contribution is 14.0. The maximum Gasteiger partial charge on any atom is 0.243 e. The van der Waals surface area contributed by atoms with Crippen molar-refractivity contribution in [2.75, 3.05) is 50.0 Å². The smallest absolute Gasteiger partial charge is 0.243 e. The monoisotopic (exact) mass is 504 g/mol. The van der Waals surface area contributed by atoms with Crippen LogP contribution in [0, 0.1) is 12.3 Å². The minimum Gasteiger partial charge on any atom is -0.353 e. The van der Waals surface area contributed by atoms with Gasteiger partial charge < -0.3 is 20.4 Å². The van der Waals surface area contributed by atoms with Crippen molar-refractivity contribution in [3.63, 3.8) is 0 Å². The summed E-state index contributed by atoms with van der Waals surface area (Å²) in [6.45, 7) is 3.45. The van der Waals surface area contributed by atoms with Gasteiger partial charge in [-0.05, 0) is 30.3 Å². The Bertz CT molecular complexity index is 872. The first-order valence-electron chi connectivity index (χ1n) is 9.17. The third-order valence-electron chi connectivity index (χ3n) is 4.48. The fourth-order valence-corrected chi connectivity index (χ4v) is 3.07. The normalized spacial score (nSPS) is 13.9. The number of pyridine rings is 1. The molecule has 2 heterocycles. The molecule has 0 bridgehead atoms. The van der Waals surface area contributed by atoms with Crippen LogP contribution in [0.5, 0.6) is 0 Å². The summed E-state index contributed by atoms with van der Waals surface area (Å²) in [5, 5.41) is 5.97. The molecule has 1 aliphatic rings. The van der Waals surface area contributed by atoms with Gasteiger partial charge in [-0.3, -0.25) is 9.79 Å². The van der Waals surface area contributed by atoms with Gasteiger partial charge in [0, 0.05) is 50.7 Å². The molecule has 8 heteroatoms. The lowest BCUT2D eigenvalue weighted by Gasteiger charge is -2.37. The fraction of sp³-hybridized carbons (Fsp3) is 0.286. The van der Waals surface area contributed by atoms with Gasteiger partial charge in [0.25, 0.3) is 0 Å². The number of aliphatic imine (C=N–C) groups is 1. The third-order valence-corrected chi connectivity index (χ3v) is 4.48. The Balaban J connectivity index is 0.00000300. The first-order valence-corrected chi connectivity index (χ1v) is 9.17. The van der Waals surface area contributed by atoms with Crippen molar-refractivity contribution in [1.29, 1.82) is 0 Å². The Morgan fingerprint density at radius 1 is 1.21 bits per heavy atom. The number of benzene rings is 1. The van der Waals surface area contributed by atoms with Gasteiger partial charge in [-0.25, -0.2) is 4.98 Å². The summed E-state index contributed by atoms with van der Waals surface area (Å²) >= 11 is 0. The number of hydrogen-bond acceptors (Lipinski definition) is 4. The second-order valence-electron chi connectivity index (χ2n) is 6.34. The number of nitrogens with zero attached hydrogens (tertiary/aromatic N) is 4. The van der Waals surface area contributed by atoms with E-state index < -0.39 is 0 Å². The van der Waals surface area contributed by atoms with Crippen LogP contribution >= 0.6 is 24.0 Å². The zero-order valence-electron chi connectivity index (χ0n) is 16.3. The predicted octanol–water partition coefficient (Wildman–Crippen LogP) is 2.02. The lowest BCUT2D eigenvalue weighted by Crippen LogP contribution is -2.53. The van der Waals surface area contributed by atoms with Gasteiger partial charge >= 0.3 is 0 Å². The Hall–Kier alpha value is -2.80. The van der Waals surface area contributed by atoms with Crippen LogP contribution in [0.3, 0.4) is 0 Å². The molecule has 29 heavy (non-hydrogen) atoms. The highest BCUT2D eigenvalue weighted by atomic mass is 127. The van der Waals surface area contributed by atoms with E-state index in [0.717, 1.165) is 37.6 Å². The Morgan fingerprint density at radius 2 is 2.00 bits per heavy atom. The molecule has 1 aromatic heterocycles. The number of hydrogen-bond donors (Lipinski definition) is 2. The summed E-state index contributed by atoms with van der Waals surface area (Å²) in [7, 11) is 1.72. The number of anilines is 2. The lowest BCUT2D eigenvalue weighted by atomic mass is 10.2. The van der Waals surface area contributed by atoms with Gasteiger partial charge in [0.1, 0.15) is 5.82 Å². The second-order valence-corrected chi connectivity index (χ2v) is 6.34. The topological polar surface area (TPSA) is 72.9 Å². The number of nitrogens with one attached hydrogen (secondary N) is 2. The number of carbonyl (C=O) groups excluding carboxylic acids is 1. The van der Waals surface area contributed by atoms with Gasteiger partial charge in [-0.15, -0.1) is 30.4 Å². The van der Waals surface area contributed by atoms with Gasteiger partial charge in [-0.1, -0.05) is 18.1 Å². The molecular formula is C21H25IN6O. The van der Waals surface area contributed by atoms with Gasteiger partial charge in [0.15, 0.2) is 5.96 Å². The van der Waals surface area contributed by atoms with E-state index in [-0.39, 0.29) is 36.4 Å². The molecule has 0 saturated carbocycles. The van der Waals surface area contributed by atoms with Crippen molar-refractivity contribution in [2.24, 2.45) is 4.99 Å². The van der Waals surface area contributed by atoms with E-state index in [0.29, 0.717) is 11.6 Å². The standard InChI is InChI=1S/C21H24N6O.HI/c1-3-17-7-6-8-18(15-17)25-20(28)16-24-21(22-2)27-13-11-26(12-14-27)19-9-4-5-10-23-19;/h1,4-10,15H,11-14,16H2,2H3,(H,22,24)(H,25,28);1H. The summed E-state index contributed by atoms with van der Waals surface area (Å²) < 4.78 is 0. The van der Waals surface area contributed by atoms with Crippen LogP contribution in [0.1, 0.15) is 5.56 Å². The number of rotatable bonds is 4. The quantitative estimate of drug-likeness (QED) is 0.289. The minimum atomic E-state index is -0.151. The first kappa shape index (κ1) is 22.5. The van der Waals surface area contributed by atoms with E-state index in [9.17, 15) is 4.79 Å². The van der Waals surface area contributed by atoms with Crippen LogP contribution in [0.15, 0.2) is 53.7 Å². The van der Waals surface area contributed by atoms with E-state index in [2.05, 4.69) is 36.3 Å². The molecule has 0 radical (unpaired) electrons. The molecule has 0 atom stereocenters. The zero-order valence-corrected chi connectivity index (χ0v) is 18.7. The SMILES string of the molecule is C#Cc1cccc(NC(=O)CNC(=NC)N2CCN(c3ccccn3)CC2)c1.I. The summed E-state index contributed by atoms with van der Waals surface area (Å²) in [5.74, 6) is 4.11. The largest absolute Gasteiger partial charge is 0.353 e. The maximum atomic E-state index is 12.2. The van der Waals surface area contributed by atoms with Crippen molar-refractivity contribution in [3.05, 3.63) is 54.2 Å². The summed E-state index contributed by atoms with van der Waals surface area (Å²) in [6, 6.07) is 13.1. The highest BCUT2D eigenvalue weighted by Gasteiger charge is 2.20. The average molecular weight is 504 g/mol. The highest BCUT2D eigenvalue weighted by Crippen LogP contribution is 2.12. The van der Waals surface area contributed by atoms with Crippen molar-refractivity contribution in [2.45, 2.75) is 0 Å². The predicted molar refractivity (Wildman–Crippen MR) is 128 cm³/mol. The van der Waals surface area contributed by atoms with E-state index in [1.54, 1.807) is 19.3 Å². The van der Waals surface area contributed by atoms with Crippen LogP contribution in [0.25, 0.3) is 0 Å². The Morgan fingerprint density at radius 3 is 2.66 bits per heavy atom. The second kappa shape index (κ2) is 11.3. The zero-order chi connectivity index (χ0) is 19.8. The van der Waals surface area contributed by atoms with Crippen molar-refractivity contribution in [3.8, 4) is 12.3 Å². The Labute approximate surface area is 188 Å².